The van der Waals surface area contributed by atoms with Gasteiger partial charge in [0.1, 0.15) is 11.5 Å². The molecule has 0 fully saturated rings. The number of carbonyl (C=O) groups excluding carboxylic acids is 1. The van der Waals surface area contributed by atoms with Crippen LogP contribution < -0.4 is 14.8 Å². The van der Waals surface area contributed by atoms with E-state index in [1.54, 1.807) is 0 Å². The third-order valence-corrected chi connectivity index (χ3v) is 4.19. The first-order chi connectivity index (χ1) is 12.0. The van der Waals surface area contributed by atoms with Gasteiger partial charge in [0.2, 0.25) is 0 Å². The van der Waals surface area contributed by atoms with Crippen molar-refractivity contribution in [3.05, 3.63) is 59.2 Å². The molecule has 4 heteroatoms. The lowest BCUT2D eigenvalue weighted by Gasteiger charge is -2.19. The number of benzene rings is 2. The average Bonchev–Trinajstić information content (AvgIpc) is 2.62. The van der Waals surface area contributed by atoms with Crippen molar-refractivity contribution in [2.24, 2.45) is 0 Å². The van der Waals surface area contributed by atoms with E-state index in [-0.39, 0.29) is 5.91 Å². The molecule has 0 bridgehead atoms. The zero-order valence-electron chi connectivity index (χ0n) is 15.5. The van der Waals surface area contributed by atoms with Crippen molar-refractivity contribution in [1.82, 2.24) is 5.32 Å². The maximum Gasteiger partial charge on any atom is 0.261 e. The summed E-state index contributed by atoms with van der Waals surface area (Å²) in [6.07, 6.45) is 0.117. The van der Waals surface area contributed by atoms with Crippen molar-refractivity contribution in [2.75, 3.05) is 6.61 Å². The summed E-state index contributed by atoms with van der Waals surface area (Å²) < 4.78 is 11.4. The highest BCUT2D eigenvalue weighted by Crippen LogP contribution is 2.22. The summed E-state index contributed by atoms with van der Waals surface area (Å²) >= 11 is 0. The molecule has 0 saturated heterocycles. The standard InChI is InChI=1S/C21H27NO3/c1-5-19(25-20-9-7-8-15(3)16(20)4)21(23)22-14-17-10-12-18(13-11-17)24-6-2/h7-13,19H,5-6,14H2,1-4H3,(H,22,23)/t19-/m0/s1. The SMILES string of the molecule is CCOc1ccc(CNC(=O)[C@H](CC)Oc2cccc(C)c2C)cc1. The van der Waals surface area contributed by atoms with E-state index in [0.717, 1.165) is 28.2 Å². The summed E-state index contributed by atoms with van der Waals surface area (Å²) in [5, 5.41) is 2.95. The maximum atomic E-state index is 12.5. The van der Waals surface area contributed by atoms with Gasteiger partial charge in [0.15, 0.2) is 6.10 Å². The van der Waals surface area contributed by atoms with E-state index < -0.39 is 6.10 Å². The Morgan fingerprint density at radius 3 is 2.44 bits per heavy atom. The molecule has 0 heterocycles. The van der Waals surface area contributed by atoms with Crippen molar-refractivity contribution in [3.8, 4) is 11.5 Å². The lowest BCUT2D eigenvalue weighted by atomic mass is 10.1. The minimum absolute atomic E-state index is 0.0997. The van der Waals surface area contributed by atoms with Crippen LogP contribution in [0.15, 0.2) is 42.5 Å². The van der Waals surface area contributed by atoms with Gasteiger partial charge in [-0.25, -0.2) is 0 Å². The highest BCUT2D eigenvalue weighted by atomic mass is 16.5. The van der Waals surface area contributed by atoms with Gasteiger partial charge in [-0.2, -0.15) is 0 Å². The molecule has 0 aliphatic rings. The van der Waals surface area contributed by atoms with Gasteiger partial charge in [0.25, 0.3) is 5.91 Å². The molecular formula is C21H27NO3. The molecule has 0 unspecified atom stereocenters. The van der Waals surface area contributed by atoms with Crippen LogP contribution in [0, 0.1) is 13.8 Å². The van der Waals surface area contributed by atoms with Crippen LogP contribution in [-0.4, -0.2) is 18.6 Å². The number of carbonyl (C=O) groups is 1. The first-order valence-corrected chi connectivity index (χ1v) is 8.77. The zero-order valence-corrected chi connectivity index (χ0v) is 15.5. The van der Waals surface area contributed by atoms with Crippen LogP contribution in [0.2, 0.25) is 0 Å². The van der Waals surface area contributed by atoms with Gasteiger partial charge in [-0.15, -0.1) is 0 Å². The van der Waals surface area contributed by atoms with Gasteiger partial charge in [-0.3, -0.25) is 4.79 Å². The maximum absolute atomic E-state index is 12.5. The largest absolute Gasteiger partial charge is 0.494 e. The second-order valence-electron chi connectivity index (χ2n) is 6.01. The highest BCUT2D eigenvalue weighted by molar-refractivity contribution is 5.81. The average molecular weight is 341 g/mol. The zero-order chi connectivity index (χ0) is 18.2. The molecule has 2 aromatic carbocycles. The highest BCUT2D eigenvalue weighted by Gasteiger charge is 2.19. The Morgan fingerprint density at radius 1 is 1.08 bits per heavy atom. The number of hydrogen-bond donors (Lipinski definition) is 1. The molecule has 0 spiro atoms. The lowest BCUT2D eigenvalue weighted by Crippen LogP contribution is -2.37. The molecular weight excluding hydrogens is 314 g/mol. The predicted molar refractivity (Wildman–Crippen MR) is 100 cm³/mol. The van der Waals surface area contributed by atoms with Crippen LogP contribution >= 0.6 is 0 Å². The van der Waals surface area contributed by atoms with Crippen LogP contribution in [0.1, 0.15) is 37.0 Å². The Balaban J connectivity index is 1.94. The third kappa shape index (κ3) is 5.24. The molecule has 0 radical (unpaired) electrons. The van der Waals surface area contributed by atoms with Crippen LogP contribution in [-0.2, 0) is 11.3 Å². The van der Waals surface area contributed by atoms with E-state index in [1.807, 2.05) is 70.2 Å². The summed E-state index contributed by atoms with van der Waals surface area (Å²) in [5.41, 5.74) is 3.25. The smallest absolute Gasteiger partial charge is 0.261 e. The van der Waals surface area contributed by atoms with Crippen LogP contribution in [0.4, 0.5) is 0 Å². The molecule has 25 heavy (non-hydrogen) atoms. The normalized spacial score (nSPS) is 11.7. The third-order valence-electron chi connectivity index (χ3n) is 4.19. The van der Waals surface area contributed by atoms with Crippen molar-refractivity contribution in [1.29, 1.82) is 0 Å². The number of rotatable bonds is 8. The molecule has 1 N–H and O–H groups in total. The fourth-order valence-electron chi connectivity index (χ4n) is 2.50. The van der Waals surface area contributed by atoms with E-state index >= 15 is 0 Å². The second kappa shape index (κ2) is 9.11. The van der Waals surface area contributed by atoms with Crippen molar-refractivity contribution < 1.29 is 14.3 Å². The Morgan fingerprint density at radius 2 is 1.80 bits per heavy atom. The molecule has 1 amide bonds. The summed E-state index contributed by atoms with van der Waals surface area (Å²) in [6.45, 7) is 9.06. The molecule has 0 aromatic heterocycles. The van der Waals surface area contributed by atoms with E-state index in [2.05, 4.69) is 5.32 Å². The van der Waals surface area contributed by atoms with E-state index in [1.165, 1.54) is 0 Å². The van der Waals surface area contributed by atoms with Crippen molar-refractivity contribution in [3.63, 3.8) is 0 Å². The van der Waals surface area contributed by atoms with Crippen LogP contribution in [0.25, 0.3) is 0 Å². The van der Waals surface area contributed by atoms with Gasteiger partial charge >= 0.3 is 0 Å². The van der Waals surface area contributed by atoms with Crippen LogP contribution in [0.5, 0.6) is 11.5 Å². The quantitative estimate of drug-likeness (QED) is 0.784. The number of nitrogens with one attached hydrogen (secondary N) is 1. The molecule has 1 atom stereocenters. The summed E-state index contributed by atoms with van der Waals surface area (Å²) in [6, 6.07) is 13.6. The molecule has 2 aromatic rings. The second-order valence-corrected chi connectivity index (χ2v) is 6.01. The number of hydrogen-bond acceptors (Lipinski definition) is 3. The molecule has 0 aliphatic heterocycles. The summed E-state index contributed by atoms with van der Waals surface area (Å²) in [4.78, 5) is 12.5. The molecule has 0 saturated carbocycles. The lowest BCUT2D eigenvalue weighted by molar-refractivity contribution is -0.128. The topological polar surface area (TPSA) is 47.6 Å². The number of ether oxygens (including phenoxy) is 2. The van der Waals surface area contributed by atoms with E-state index in [9.17, 15) is 4.79 Å². The summed E-state index contributed by atoms with van der Waals surface area (Å²) in [5.74, 6) is 1.50. The first-order valence-electron chi connectivity index (χ1n) is 8.77. The van der Waals surface area contributed by atoms with Gasteiger partial charge in [0.05, 0.1) is 6.61 Å². The fraction of sp³-hybridized carbons (Fsp3) is 0.381. The minimum Gasteiger partial charge on any atom is -0.494 e. The van der Waals surface area contributed by atoms with E-state index in [4.69, 9.17) is 9.47 Å². The number of amides is 1. The van der Waals surface area contributed by atoms with Gasteiger partial charge in [0, 0.05) is 6.54 Å². The van der Waals surface area contributed by atoms with Crippen molar-refractivity contribution >= 4 is 5.91 Å². The number of aryl methyl sites for hydroxylation is 1. The molecule has 0 aliphatic carbocycles. The first kappa shape index (κ1) is 18.8. The van der Waals surface area contributed by atoms with Gasteiger partial charge < -0.3 is 14.8 Å². The molecule has 4 nitrogen and oxygen atoms in total. The summed E-state index contributed by atoms with van der Waals surface area (Å²) in [7, 11) is 0. The molecule has 2 rings (SSSR count). The van der Waals surface area contributed by atoms with E-state index in [0.29, 0.717) is 19.6 Å². The Kier molecular flexibility index (Phi) is 6.87. The fourth-order valence-corrected chi connectivity index (χ4v) is 2.50. The van der Waals surface area contributed by atoms with Gasteiger partial charge in [-0.05, 0) is 62.1 Å². The Bertz CT molecular complexity index is 695. The predicted octanol–water partition coefficient (Wildman–Crippen LogP) is 4.18. The van der Waals surface area contributed by atoms with Crippen LogP contribution in [0.3, 0.4) is 0 Å². The molecule has 134 valence electrons. The Labute approximate surface area is 150 Å². The minimum atomic E-state index is -0.497. The monoisotopic (exact) mass is 341 g/mol. The van der Waals surface area contributed by atoms with Crippen molar-refractivity contribution in [2.45, 2.75) is 46.8 Å². The van der Waals surface area contributed by atoms with Gasteiger partial charge in [-0.1, -0.05) is 31.2 Å². The Hall–Kier alpha value is -2.49.